The molecule has 2 amide bonds. The molecular formula is C13H18N2O2S. The van der Waals surface area contributed by atoms with Crippen LogP contribution < -0.4 is 5.73 Å². The molecule has 98 valence electrons. The first-order valence-electron chi connectivity index (χ1n) is 5.91. The van der Waals surface area contributed by atoms with Gasteiger partial charge in [-0.25, -0.2) is 0 Å². The van der Waals surface area contributed by atoms with Gasteiger partial charge in [-0.15, -0.1) is 0 Å². The summed E-state index contributed by atoms with van der Waals surface area (Å²) in [5.74, 6) is -0.656. The highest BCUT2D eigenvalue weighted by molar-refractivity contribution is 7.08. The van der Waals surface area contributed by atoms with Gasteiger partial charge in [0.25, 0.3) is 0 Å². The van der Waals surface area contributed by atoms with E-state index in [1.807, 2.05) is 23.8 Å². The zero-order valence-electron chi connectivity index (χ0n) is 10.5. The number of carbonyl (C=O) groups is 2. The Hall–Kier alpha value is -1.62. The monoisotopic (exact) mass is 266 g/mol. The van der Waals surface area contributed by atoms with Crippen molar-refractivity contribution in [2.75, 3.05) is 13.1 Å². The largest absolute Gasteiger partial charge is 0.368 e. The fourth-order valence-corrected chi connectivity index (χ4v) is 2.08. The molecule has 0 spiro atoms. The van der Waals surface area contributed by atoms with Gasteiger partial charge in [-0.2, -0.15) is 11.3 Å². The van der Waals surface area contributed by atoms with E-state index in [1.165, 1.54) is 11.0 Å². The number of primary amides is 1. The van der Waals surface area contributed by atoms with E-state index in [9.17, 15) is 9.59 Å². The minimum atomic E-state index is -0.483. The summed E-state index contributed by atoms with van der Waals surface area (Å²) in [5.41, 5.74) is 6.13. The van der Waals surface area contributed by atoms with Crippen LogP contribution in [0.5, 0.6) is 0 Å². The third-order valence-electron chi connectivity index (χ3n) is 2.40. The fraction of sp³-hybridized carbons (Fsp3) is 0.385. The van der Waals surface area contributed by atoms with Crippen LogP contribution >= 0.6 is 11.3 Å². The van der Waals surface area contributed by atoms with Crippen molar-refractivity contribution in [2.45, 2.75) is 19.8 Å². The summed E-state index contributed by atoms with van der Waals surface area (Å²) >= 11 is 1.57. The van der Waals surface area contributed by atoms with Gasteiger partial charge in [-0.1, -0.05) is 13.3 Å². The normalized spacial score (nSPS) is 10.7. The van der Waals surface area contributed by atoms with Gasteiger partial charge in [0, 0.05) is 12.6 Å². The molecule has 0 atom stereocenters. The summed E-state index contributed by atoms with van der Waals surface area (Å²) in [7, 11) is 0. The standard InChI is InChI=1S/C13H18N2O2S/c1-2-3-7-15(9-12(14)16)13(17)5-4-11-6-8-18-10-11/h4-6,8,10H,2-3,7,9H2,1H3,(H2,14,16). The molecule has 0 bridgehead atoms. The zero-order chi connectivity index (χ0) is 13.4. The van der Waals surface area contributed by atoms with Gasteiger partial charge in [-0.3, -0.25) is 9.59 Å². The van der Waals surface area contributed by atoms with Crippen molar-refractivity contribution < 1.29 is 9.59 Å². The first kappa shape index (κ1) is 14.4. The van der Waals surface area contributed by atoms with Crippen LogP contribution in [0.25, 0.3) is 6.08 Å². The van der Waals surface area contributed by atoms with Crippen LogP contribution in [0.2, 0.25) is 0 Å². The van der Waals surface area contributed by atoms with Gasteiger partial charge in [0.05, 0.1) is 6.54 Å². The van der Waals surface area contributed by atoms with Gasteiger partial charge in [0.1, 0.15) is 0 Å². The van der Waals surface area contributed by atoms with Crippen molar-refractivity contribution in [3.05, 3.63) is 28.5 Å². The molecule has 0 aromatic carbocycles. The topological polar surface area (TPSA) is 63.4 Å². The van der Waals surface area contributed by atoms with Crippen molar-refractivity contribution in [3.63, 3.8) is 0 Å². The molecule has 0 aliphatic heterocycles. The molecule has 1 rings (SSSR count). The number of nitrogens with two attached hydrogens (primary N) is 1. The molecule has 0 fully saturated rings. The summed E-state index contributed by atoms with van der Waals surface area (Å²) in [6, 6.07) is 1.93. The predicted molar refractivity (Wildman–Crippen MR) is 74.0 cm³/mol. The number of amides is 2. The van der Waals surface area contributed by atoms with Crippen molar-refractivity contribution in [1.29, 1.82) is 0 Å². The molecule has 1 heterocycles. The summed E-state index contributed by atoms with van der Waals surface area (Å²) < 4.78 is 0. The maximum atomic E-state index is 11.9. The lowest BCUT2D eigenvalue weighted by Crippen LogP contribution is -2.38. The molecule has 0 radical (unpaired) electrons. The van der Waals surface area contributed by atoms with Crippen molar-refractivity contribution >= 4 is 29.2 Å². The van der Waals surface area contributed by atoms with E-state index >= 15 is 0 Å². The van der Waals surface area contributed by atoms with Gasteiger partial charge >= 0.3 is 0 Å². The van der Waals surface area contributed by atoms with E-state index in [4.69, 9.17) is 5.73 Å². The van der Waals surface area contributed by atoms with Crippen LogP contribution in [-0.2, 0) is 9.59 Å². The third kappa shape index (κ3) is 5.14. The Labute approximate surface area is 111 Å². The maximum absolute atomic E-state index is 11.9. The minimum absolute atomic E-state index is 0.0210. The number of hydrogen-bond acceptors (Lipinski definition) is 3. The van der Waals surface area contributed by atoms with Gasteiger partial charge in [0.15, 0.2) is 0 Å². The quantitative estimate of drug-likeness (QED) is 0.766. The lowest BCUT2D eigenvalue weighted by atomic mass is 10.2. The highest BCUT2D eigenvalue weighted by atomic mass is 32.1. The second-order valence-electron chi connectivity index (χ2n) is 3.97. The fourth-order valence-electron chi connectivity index (χ4n) is 1.45. The first-order chi connectivity index (χ1) is 8.63. The number of hydrogen-bond donors (Lipinski definition) is 1. The number of rotatable bonds is 7. The third-order valence-corrected chi connectivity index (χ3v) is 3.10. The Morgan fingerprint density at radius 3 is 2.83 bits per heavy atom. The summed E-state index contributed by atoms with van der Waals surface area (Å²) in [6.07, 6.45) is 5.07. The first-order valence-corrected chi connectivity index (χ1v) is 6.85. The van der Waals surface area contributed by atoms with Crippen molar-refractivity contribution in [3.8, 4) is 0 Å². The number of thiophene rings is 1. The smallest absolute Gasteiger partial charge is 0.247 e. The zero-order valence-corrected chi connectivity index (χ0v) is 11.3. The molecule has 0 aliphatic carbocycles. The molecule has 2 N–H and O–H groups in total. The van der Waals surface area contributed by atoms with Gasteiger partial charge in [-0.05, 0) is 34.9 Å². The predicted octanol–water partition coefficient (Wildman–Crippen LogP) is 1.88. The van der Waals surface area contributed by atoms with Gasteiger partial charge in [0.2, 0.25) is 11.8 Å². The van der Waals surface area contributed by atoms with Gasteiger partial charge < -0.3 is 10.6 Å². The summed E-state index contributed by atoms with van der Waals surface area (Å²) in [5, 5.41) is 3.90. The Morgan fingerprint density at radius 2 is 2.28 bits per heavy atom. The average Bonchev–Trinajstić information content (AvgIpc) is 2.84. The molecule has 0 saturated carbocycles. The molecule has 0 unspecified atom stereocenters. The molecule has 4 nitrogen and oxygen atoms in total. The van der Waals surface area contributed by atoms with E-state index in [2.05, 4.69) is 0 Å². The van der Waals surface area contributed by atoms with Crippen molar-refractivity contribution in [2.24, 2.45) is 5.73 Å². The van der Waals surface area contributed by atoms with E-state index in [-0.39, 0.29) is 12.5 Å². The lowest BCUT2D eigenvalue weighted by Gasteiger charge is -2.18. The Balaban J connectivity index is 2.60. The molecular weight excluding hydrogens is 248 g/mol. The SMILES string of the molecule is CCCCN(CC(N)=O)C(=O)C=Cc1ccsc1. The molecule has 0 aliphatic rings. The summed E-state index contributed by atoms with van der Waals surface area (Å²) in [6.45, 7) is 2.58. The van der Waals surface area contributed by atoms with E-state index in [1.54, 1.807) is 17.4 Å². The van der Waals surface area contributed by atoms with Crippen LogP contribution in [-0.4, -0.2) is 29.8 Å². The molecule has 1 aromatic heterocycles. The Kier molecular flexibility index (Phi) is 6.14. The lowest BCUT2D eigenvalue weighted by molar-refractivity contribution is -0.131. The number of carbonyl (C=O) groups excluding carboxylic acids is 2. The van der Waals surface area contributed by atoms with Crippen LogP contribution in [0.1, 0.15) is 25.3 Å². The maximum Gasteiger partial charge on any atom is 0.247 e. The highest BCUT2D eigenvalue weighted by Gasteiger charge is 2.12. The Bertz CT molecular complexity index is 413. The second kappa shape index (κ2) is 7.66. The minimum Gasteiger partial charge on any atom is -0.368 e. The van der Waals surface area contributed by atoms with Crippen molar-refractivity contribution in [1.82, 2.24) is 4.90 Å². The highest BCUT2D eigenvalue weighted by Crippen LogP contribution is 2.08. The van der Waals surface area contributed by atoms with Crippen LogP contribution in [0, 0.1) is 0 Å². The molecule has 5 heteroatoms. The number of nitrogens with zero attached hydrogens (tertiary/aromatic N) is 1. The van der Waals surface area contributed by atoms with E-state index in [0.29, 0.717) is 6.54 Å². The van der Waals surface area contributed by atoms with Crippen LogP contribution in [0.15, 0.2) is 22.9 Å². The molecule has 0 saturated heterocycles. The summed E-state index contributed by atoms with van der Waals surface area (Å²) in [4.78, 5) is 24.3. The second-order valence-corrected chi connectivity index (χ2v) is 4.75. The van der Waals surface area contributed by atoms with E-state index in [0.717, 1.165) is 18.4 Å². The Morgan fingerprint density at radius 1 is 1.50 bits per heavy atom. The molecule has 18 heavy (non-hydrogen) atoms. The van der Waals surface area contributed by atoms with Crippen LogP contribution in [0.4, 0.5) is 0 Å². The van der Waals surface area contributed by atoms with Crippen LogP contribution in [0.3, 0.4) is 0 Å². The average molecular weight is 266 g/mol. The molecule has 1 aromatic rings. The number of unbranched alkanes of at least 4 members (excludes halogenated alkanes) is 1. The van der Waals surface area contributed by atoms with E-state index < -0.39 is 5.91 Å².